The molecule has 1 aromatic rings. The summed E-state index contributed by atoms with van der Waals surface area (Å²) in [6.45, 7) is 5.01. The highest BCUT2D eigenvalue weighted by Gasteiger charge is 2.25. The molecule has 1 aliphatic rings. The second-order valence-corrected chi connectivity index (χ2v) is 5.16. The van der Waals surface area contributed by atoms with E-state index in [0.29, 0.717) is 19.7 Å². The van der Waals surface area contributed by atoms with Gasteiger partial charge >= 0.3 is 0 Å². The van der Waals surface area contributed by atoms with Crippen molar-refractivity contribution in [2.45, 2.75) is 25.9 Å². The van der Waals surface area contributed by atoms with E-state index in [-0.39, 0.29) is 12.0 Å². The smallest absolute Gasteiger partial charge is 0.254 e. The third kappa shape index (κ3) is 3.58. The molecule has 1 heterocycles. The maximum absolute atomic E-state index is 12.7. The number of morpholine rings is 1. The molecule has 1 saturated heterocycles. The molecule has 1 fully saturated rings. The van der Waals surface area contributed by atoms with Gasteiger partial charge in [-0.05, 0) is 38.1 Å². The molecule has 1 aromatic carbocycles. The minimum Gasteiger partial charge on any atom is -0.375 e. The van der Waals surface area contributed by atoms with E-state index in [9.17, 15) is 4.79 Å². The van der Waals surface area contributed by atoms with Crippen molar-refractivity contribution in [3.05, 3.63) is 35.4 Å². The highest BCUT2D eigenvalue weighted by atomic mass is 16.5. The minimum absolute atomic E-state index is 0.137. The molecule has 0 spiro atoms. The quantitative estimate of drug-likeness (QED) is 0.890. The van der Waals surface area contributed by atoms with E-state index in [1.54, 1.807) is 0 Å². The van der Waals surface area contributed by atoms with Crippen molar-refractivity contribution < 1.29 is 9.53 Å². The first-order valence-corrected chi connectivity index (χ1v) is 7.39. The maximum Gasteiger partial charge on any atom is 0.254 e. The molecular formula is C16H24N2O2. The Kier molecular flexibility index (Phi) is 5.56. The van der Waals surface area contributed by atoms with E-state index >= 15 is 0 Å². The van der Waals surface area contributed by atoms with Gasteiger partial charge in [-0.15, -0.1) is 0 Å². The number of carbonyl (C=O) groups is 1. The Bertz CT molecular complexity index is 448. The average Bonchev–Trinajstić information content (AvgIpc) is 2.52. The molecule has 1 N–H and O–H groups in total. The molecule has 1 amide bonds. The van der Waals surface area contributed by atoms with Crippen LogP contribution in [0, 0.1) is 0 Å². The Balaban J connectivity index is 2.11. The number of benzene rings is 1. The van der Waals surface area contributed by atoms with Crippen LogP contribution in [0.1, 0.15) is 29.3 Å². The molecule has 110 valence electrons. The van der Waals surface area contributed by atoms with E-state index in [2.05, 4.69) is 12.2 Å². The number of hydrogen-bond acceptors (Lipinski definition) is 3. The predicted molar refractivity (Wildman–Crippen MR) is 80.0 cm³/mol. The Hall–Kier alpha value is -1.39. The monoisotopic (exact) mass is 276 g/mol. The minimum atomic E-state index is 0.137. The first-order chi connectivity index (χ1) is 9.76. The van der Waals surface area contributed by atoms with E-state index in [1.165, 1.54) is 0 Å². The molecule has 0 aromatic heterocycles. The van der Waals surface area contributed by atoms with Crippen molar-refractivity contribution in [1.29, 1.82) is 0 Å². The van der Waals surface area contributed by atoms with Crippen molar-refractivity contribution >= 4 is 5.91 Å². The molecule has 1 aliphatic heterocycles. The van der Waals surface area contributed by atoms with Crippen LogP contribution in [0.3, 0.4) is 0 Å². The fraction of sp³-hybridized carbons (Fsp3) is 0.562. The molecular weight excluding hydrogens is 252 g/mol. The normalized spacial score (nSPS) is 19.1. The summed E-state index contributed by atoms with van der Waals surface area (Å²) in [5.41, 5.74) is 1.95. The lowest BCUT2D eigenvalue weighted by Crippen LogP contribution is -2.45. The average molecular weight is 276 g/mol. The van der Waals surface area contributed by atoms with Crippen molar-refractivity contribution in [2.24, 2.45) is 0 Å². The topological polar surface area (TPSA) is 41.6 Å². The predicted octanol–water partition coefficient (Wildman–Crippen LogP) is 1.70. The van der Waals surface area contributed by atoms with Gasteiger partial charge in [0.15, 0.2) is 0 Å². The van der Waals surface area contributed by atoms with E-state index in [0.717, 1.165) is 30.5 Å². The lowest BCUT2D eigenvalue weighted by Gasteiger charge is -2.33. The molecule has 0 saturated carbocycles. The highest BCUT2D eigenvalue weighted by molar-refractivity contribution is 5.95. The summed E-state index contributed by atoms with van der Waals surface area (Å²) in [4.78, 5) is 14.6. The maximum atomic E-state index is 12.7. The summed E-state index contributed by atoms with van der Waals surface area (Å²) in [6.07, 6.45) is 2.00. The van der Waals surface area contributed by atoms with Gasteiger partial charge in [-0.25, -0.2) is 0 Å². The van der Waals surface area contributed by atoms with Crippen molar-refractivity contribution in [3.63, 3.8) is 0 Å². The van der Waals surface area contributed by atoms with Gasteiger partial charge in [0.25, 0.3) is 5.91 Å². The first kappa shape index (κ1) is 15.0. The molecule has 0 aliphatic carbocycles. The SMILES string of the molecule is CCC1CN(C(=O)c2ccccc2CCNC)CCO1. The number of hydrogen-bond donors (Lipinski definition) is 1. The Morgan fingerprint density at radius 3 is 3.00 bits per heavy atom. The van der Waals surface area contributed by atoms with Crippen LogP contribution in [-0.2, 0) is 11.2 Å². The molecule has 1 unspecified atom stereocenters. The van der Waals surface area contributed by atoms with Crippen LogP contribution >= 0.6 is 0 Å². The van der Waals surface area contributed by atoms with Gasteiger partial charge in [-0.3, -0.25) is 4.79 Å². The van der Waals surface area contributed by atoms with Crippen LogP contribution in [0.5, 0.6) is 0 Å². The number of amides is 1. The summed E-state index contributed by atoms with van der Waals surface area (Å²) < 4.78 is 5.63. The van der Waals surface area contributed by atoms with Gasteiger partial charge in [0.05, 0.1) is 12.7 Å². The van der Waals surface area contributed by atoms with E-state index in [4.69, 9.17) is 4.74 Å². The zero-order valence-electron chi connectivity index (χ0n) is 12.4. The summed E-state index contributed by atoms with van der Waals surface area (Å²) in [7, 11) is 1.93. The van der Waals surface area contributed by atoms with Crippen LogP contribution in [0.15, 0.2) is 24.3 Å². The summed E-state index contributed by atoms with van der Waals surface area (Å²) in [5.74, 6) is 0.137. The zero-order chi connectivity index (χ0) is 14.4. The molecule has 2 rings (SSSR count). The summed E-state index contributed by atoms with van der Waals surface area (Å²) in [5, 5.41) is 3.13. The zero-order valence-corrected chi connectivity index (χ0v) is 12.4. The van der Waals surface area contributed by atoms with Gasteiger partial charge in [-0.1, -0.05) is 25.1 Å². The van der Waals surface area contributed by atoms with Crippen LogP contribution in [-0.4, -0.2) is 50.2 Å². The molecule has 4 heteroatoms. The van der Waals surface area contributed by atoms with Crippen molar-refractivity contribution in [2.75, 3.05) is 33.3 Å². The number of ether oxygens (including phenoxy) is 1. The highest BCUT2D eigenvalue weighted by Crippen LogP contribution is 2.16. The molecule has 0 bridgehead atoms. The summed E-state index contributed by atoms with van der Waals surface area (Å²) >= 11 is 0. The third-order valence-corrected chi connectivity index (χ3v) is 3.77. The number of rotatable bonds is 5. The van der Waals surface area contributed by atoms with Crippen LogP contribution in [0.2, 0.25) is 0 Å². The van der Waals surface area contributed by atoms with Crippen LogP contribution in [0.25, 0.3) is 0 Å². The Morgan fingerprint density at radius 2 is 2.25 bits per heavy atom. The lowest BCUT2D eigenvalue weighted by molar-refractivity contribution is -0.0226. The fourth-order valence-electron chi connectivity index (χ4n) is 2.53. The standard InChI is InChI=1S/C16H24N2O2/c1-3-14-12-18(10-11-20-14)16(19)15-7-5-4-6-13(15)8-9-17-2/h4-7,14,17H,3,8-12H2,1-2H3. The number of nitrogens with zero attached hydrogens (tertiary/aromatic N) is 1. The first-order valence-electron chi connectivity index (χ1n) is 7.39. The second kappa shape index (κ2) is 7.41. The van der Waals surface area contributed by atoms with Gasteiger partial charge < -0.3 is 15.0 Å². The van der Waals surface area contributed by atoms with Gasteiger partial charge in [0, 0.05) is 18.7 Å². The number of nitrogens with one attached hydrogen (secondary N) is 1. The molecule has 0 radical (unpaired) electrons. The van der Waals surface area contributed by atoms with Crippen LogP contribution < -0.4 is 5.32 Å². The summed E-state index contributed by atoms with van der Waals surface area (Å²) in [6, 6.07) is 7.91. The number of likely N-dealkylation sites (N-methyl/N-ethyl adjacent to an activating group) is 1. The molecule has 20 heavy (non-hydrogen) atoms. The Morgan fingerprint density at radius 1 is 1.45 bits per heavy atom. The van der Waals surface area contributed by atoms with Crippen molar-refractivity contribution in [1.82, 2.24) is 10.2 Å². The van der Waals surface area contributed by atoms with E-state index in [1.807, 2.05) is 36.2 Å². The van der Waals surface area contributed by atoms with Gasteiger partial charge in [0.1, 0.15) is 0 Å². The van der Waals surface area contributed by atoms with Crippen molar-refractivity contribution in [3.8, 4) is 0 Å². The van der Waals surface area contributed by atoms with Gasteiger partial charge in [-0.2, -0.15) is 0 Å². The molecule has 4 nitrogen and oxygen atoms in total. The third-order valence-electron chi connectivity index (χ3n) is 3.77. The largest absolute Gasteiger partial charge is 0.375 e. The lowest BCUT2D eigenvalue weighted by atomic mass is 10.0. The van der Waals surface area contributed by atoms with Crippen LogP contribution in [0.4, 0.5) is 0 Å². The number of carbonyl (C=O) groups excluding carboxylic acids is 1. The van der Waals surface area contributed by atoms with Gasteiger partial charge in [0.2, 0.25) is 0 Å². The Labute approximate surface area is 121 Å². The van der Waals surface area contributed by atoms with E-state index < -0.39 is 0 Å². The molecule has 1 atom stereocenters. The fourth-order valence-corrected chi connectivity index (χ4v) is 2.53. The second-order valence-electron chi connectivity index (χ2n) is 5.16.